The van der Waals surface area contributed by atoms with E-state index in [9.17, 15) is 9.59 Å². The number of fused-ring (bicyclic) bond motifs is 1. The van der Waals surface area contributed by atoms with Crippen LogP contribution in [0, 0.1) is 5.92 Å². The summed E-state index contributed by atoms with van der Waals surface area (Å²) in [5, 5.41) is 7.91. The zero-order valence-corrected chi connectivity index (χ0v) is 14.1. The lowest BCUT2D eigenvalue weighted by Crippen LogP contribution is -2.24. The van der Waals surface area contributed by atoms with E-state index in [4.69, 9.17) is 0 Å². The van der Waals surface area contributed by atoms with E-state index in [-0.39, 0.29) is 23.7 Å². The summed E-state index contributed by atoms with van der Waals surface area (Å²) in [4.78, 5) is 24.4. The standard InChI is InChI=1S/C18H19N3O2S/c22-17-8-15(12-9-19-24-10-12)14-6-5-13(7-16(14)21-17)20-18(23)11-3-1-2-4-11/h5-7,9-11,15H,1-4,8H2,(H,20,23)(H,21,22). The number of aromatic nitrogens is 1. The molecule has 2 heterocycles. The maximum absolute atomic E-state index is 12.3. The van der Waals surface area contributed by atoms with Gasteiger partial charge in [0.05, 0.1) is 0 Å². The fraction of sp³-hybridized carbons (Fsp3) is 0.389. The molecule has 1 aromatic carbocycles. The Morgan fingerprint density at radius 1 is 1.29 bits per heavy atom. The molecule has 1 aliphatic heterocycles. The molecule has 0 bridgehead atoms. The van der Waals surface area contributed by atoms with Gasteiger partial charge in [0.15, 0.2) is 0 Å². The first-order chi connectivity index (χ1) is 11.7. The average Bonchev–Trinajstić information content (AvgIpc) is 3.27. The van der Waals surface area contributed by atoms with Gasteiger partial charge in [-0.3, -0.25) is 9.59 Å². The molecule has 124 valence electrons. The third-order valence-corrected chi connectivity index (χ3v) is 5.54. The van der Waals surface area contributed by atoms with Crippen LogP contribution in [0.5, 0.6) is 0 Å². The number of nitrogens with zero attached hydrogens (tertiary/aromatic N) is 1. The number of hydrogen-bond donors (Lipinski definition) is 2. The lowest BCUT2D eigenvalue weighted by atomic mass is 9.86. The van der Waals surface area contributed by atoms with Crippen LogP contribution >= 0.6 is 11.5 Å². The van der Waals surface area contributed by atoms with Gasteiger partial charge in [-0.15, -0.1) is 0 Å². The lowest BCUT2D eigenvalue weighted by molar-refractivity contribution is -0.119. The molecule has 2 aliphatic rings. The number of benzene rings is 1. The summed E-state index contributed by atoms with van der Waals surface area (Å²) in [5.41, 5.74) is 3.68. The van der Waals surface area contributed by atoms with E-state index in [1.54, 1.807) is 0 Å². The Morgan fingerprint density at radius 2 is 2.12 bits per heavy atom. The summed E-state index contributed by atoms with van der Waals surface area (Å²) in [6, 6.07) is 5.80. The van der Waals surface area contributed by atoms with E-state index in [2.05, 4.69) is 15.0 Å². The highest BCUT2D eigenvalue weighted by Gasteiger charge is 2.28. The molecule has 5 nitrogen and oxygen atoms in total. The summed E-state index contributed by atoms with van der Waals surface area (Å²) in [7, 11) is 0. The number of anilines is 2. The molecular formula is C18H19N3O2S. The van der Waals surface area contributed by atoms with Crippen molar-refractivity contribution >= 4 is 34.7 Å². The number of rotatable bonds is 3. The maximum Gasteiger partial charge on any atom is 0.227 e. The molecule has 2 N–H and O–H groups in total. The van der Waals surface area contributed by atoms with Gasteiger partial charge in [0, 0.05) is 41.2 Å². The van der Waals surface area contributed by atoms with Gasteiger partial charge in [-0.1, -0.05) is 18.9 Å². The van der Waals surface area contributed by atoms with E-state index < -0.39 is 0 Å². The van der Waals surface area contributed by atoms with Gasteiger partial charge in [0.25, 0.3) is 0 Å². The smallest absolute Gasteiger partial charge is 0.227 e. The third kappa shape index (κ3) is 2.94. The molecule has 1 unspecified atom stereocenters. The van der Waals surface area contributed by atoms with Crippen molar-refractivity contribution in [2.24, 2.45) is 5.92 Å². The predicted molar refractivity (Wildman–Crippen MR) is 94.2 cm³/mol. The second-order valence-corrected chi connectivity index (χ2v) is 7.19. The number of hydrogen-bond acceptors (Lipinski definition) is 4. The van der Waals surface area contributed by atoms with Crippen molar-refractivity contribution in [2.75, 3.05) is 10.6 Å². The van der Waals surface area contributed by atoms with E-state index in [1.165, 1.54) is 11.5 Å². The van der Waals surface area contributed by atoms with Gasteiger partial charge >= 0.3 is 0 Å². The van der Waals surface area contributed by atoms with Gasteiger partial charge < -0.3 is 10.6 Å². The van der Waals surface area contributed by atoms with Crippen molar-refractivity contribution in [3.8, 4) is 0 Å². The second-order valence-electron chi connectivity index (χ2n) is 6.54. The first kappa shape index (κ1) is 15.3. The van der Waals surface area contributed by atoms with Crippen molar-refractivity contribution in [3.05, 3.63) is 40.9 Å². The van der Waals surface area contributed by atoms with Crippen LogP contribution in [-0.2, 0) is 9.59 Å². The quantitative estimate of drug-likeness (QED) is 0.893. The molecule has 24 heavy (non-hydrogen) atoms. The van der Waals surface area contributed by atoms with Crippen LogP contribution in [-0.4, -0.2) is 16.2 Å². The van der Waals surface area contributed by atoms with Crippen LogP contribution in [0.2, 0.25) is 0 Å². The van der Waals surface area contributed by atoms with Crippen LogP contribution in [0.25, 0.3) is 0 Å². The molecular weight excluding hydrogens is 322 g/mol. The topological polar surface area (TPSA) is 71.1 Å². The van der Waals surface area contributed by atoms with Gasteiger partial charge in [-0.2, -0.15) is 0 Å². The SMILES string of the molecule is O=C1CC(c2cnsc2)c2ccc(NC(=O)C3CCCC3)cc2N1. The Balaban J connectivity index is 1.59. The minimum Gasteiger partial charge on any atom is -0.326 e. The molecule has 0 radical (unpaired) electrons. The van der Waals surface area contributed by atoms with Gasteiger partial charge in [-0.25, -0.2) is 4.37 Å². The molecule has 0 saturated heterocycles. The van der Waals surface area contributed by atoms with Crippen LogP contribution in [0.15, 0.2) is 29.8 Å². The minimum atomic E-state index is -0.00188. The molecule has 0 spiro atoms. The summed E-state index contributed by atoms with van der Waals surface area (Å²) < 4.78 is 4.15. The fourth-order valence-corrected chi connectivity index (χ4v) is 4.25. The number of amides is 2. The zero-order valence-electron chi connectivity index (χ0n) is 13.2. The van der Waals surface area contributed by atoms with Gasteiger partial charge in [-0.05, 0) is 47.6 Å². The van der Waals surface area contributed by atoms with Crippen molar-refractivity contribution in [3.63, 3.8) is 0 Å². The Morgan fingerprint density at radius 3 is 2.88 bits per heavy atom. The van der Waals surface area contributed by atoms with Crippen LogP contribution in [0.4, 0.5) is 11.4 Å². The molecule has 2 amide bonds. The van der Waals surface area contributed by atoms with Crippen molar-refractivity contribution in [1.82, 2.24) is 4.37 Å². The largest absolute Gasteiger partial charge is 0.326 e. The van der Waals surface area contributed by atoms with E-state index >= 15 is 0 Å². The molecule has 1 fully saturated rings. The molecule has 1 atom stereocenters. The Labute approximate surface area is 144 Å². The van der Waals surface area contributed by atoms with Crippen molar-refractivity contribution in [2.45, 2.75) is 38.0 Å². The summed E-state index contributed by atoms with van der Waals surface area (Å²) >= 11 is 1.40. The highest BCUT2D eigenvalue weighted by molar-refractivity contribution is 7.03. The first-order valence-electron chi connectivity index (χ1n) is 8.34. The maximum atomic E-state index is 12.3. The molecule has 4 rings (SSSR count). The first-order valence-corrected chi connectivity index (χ1v) is 9.18. The van der Waals surface area contributed by atoms with E-state index in [1.807, 2.05) is 29.8 Å². The number of carbonyl (C=O) groups excluding carboxylic acids is 2. The van der Waals surface area contributed by atoms with E-state index in [0.717, 1.165) is 48.2 Å². The number of nitrogens with one attached hydrogen (secondary N) is 2. The van der Waals surface area contributed by atoms with Gasteiger partial charge in [0.1, 0.15) is 0 Å². The Hall–Kier alpha value is -2.21. The molecule has 1 saturated carbocycles. The van der Waals surface area contributed by atoms with Crippen LogP contribution < -0.4 is 10.6 Å². The third-order valence-electron chi connectivity index (χ3n) is 4.94. The normalized spacial score (nSPS) is 20.5. The predicted octanol–water partition coefficient (Wildman–Crippen LogP) is 3.75. The minimum absolute atomic E-state index is 0.00188. The Kier molecular flexibility index (Phi) is 4.06. The molecule has 2 aromatic rings. The summed E-state index contributed by atoms with van der Waals surface area (Å²) in [5.74, 6) is 0.249. The van der Waals surface area contributed by atoms with Crippen molar-refractivity contribution in [1.29, 1.82) is 0 Å². The second kappa shape index (κ2) is 6.36. The highest BCUT2D eigenvalue weighted by atomic mass is 32.1. The monoisotopic (exact) mass is 341 g/mol. The Bertz CT molecular complexity index is 767. The molecule has 6 heteroatoms. The fourth-order valence-electron chi connectivity index (χ4n) is 3.66. The molecule has 1 aromatic heterocycles. The number of carbonyl (C=O) groups is 2. The lowest BCUT2D eigenvalue weighted by Gasteiger charge is -2.25. The van der Waals surface area contributed by atoms with Crippen LogP contribution in [0.3, 0.4) is 0 Å². The molecule has 1 aliphatic carbocycles. The average molecular weight is 341 g/mol. The zero-order chi connectivity index (χ0) is 16.5. The highest BCUT2D eigenvalue weighted by Crippen LogP contribution is 2.38. The van der Waals surface area contributed by atoms with Crippen LogP contribution in [0.1, 0.15) is 49.1 Å². The summed E-state index contributed by atoms with van der Waals surface area (Å²) in [6.45, 7) is 0. The van der Waals surface area contributed by atoms with Gasteiger partial charge in [0.2, 0.25) is 11.8 Å². The van der Waals surface area contributed by atoms with Crippen molar-refractivity contribution < 1.29 is 9.59 Å². The van der Waals surface area contributed by atoms with E-state index in [0.29, 0.717) is 6.42 Å². The summed E-state index contributed by atoms with van der Waals surface area (Å²) in [6.07, 6.45) is 6.47.